The van der Waals surface area contributed by atoms with Gasteiger partial charge in [0.25, 0.3) is 10.1 Å². The Hall–Kier alpha value is -1.14. The third-order valence-corrected chi connectivity index (χ3v) is 6.02. The highest BCUT2D eigenvalue weighted by atomic mass is 32.2. The Bertz CT molecular complexity index is 606. The standard InChI is InChI=1S/C15H20O5S/c1-8-3-6-11-12(7-21(17,18)19)15(16)20-14(11)13-9(2)4-5-10(8)13/h10-14H,1-7H2,(H,17,18,19). The van der Waals surface area contributed by atoms with Gasteiger partial charge >= 0.3 is 5.97 Å². The van der Waals surface area contributed by atoms with Crippen LogP contribution in [0.4, 0.5) is 0 Å². The molecule has 5 nitrogen and oxygen atoms in total. The van der Waals surface area contributed by atoms with Gasteiger partial charge in [-0.2, -0.15) is 8.42 Å². The summed E-state index contributed by atoms with van der Waals surface area (Å²) in [4.78, 5) is 12.1. The van der Waals surface area contributed by atoms with Crippen LogP contribution in [0.25, 0.3) is 0 Å². The molecule has 3 fully saturated rings. The molecule has 0 aromatic heterocycles. The molecule has 1 N–H and O–H groups in total. The van der Waals surface area contributed by atoms with Crippen LogP contribution in [-0.2, 0) is 19.6 Å². The molecule has 5 unspecified atom stereocenters. The van der Waals surface area contributed by atoms with E-state index in [-0.39, 0.29) is 23.9 Å². The van der Waals surface area contributed by atoms with Crippen molar-refractivity contribution in [1.82, 2.24) is 0 Å². The summed E-state index contributed by atoms with van der Waals surface area (Å²) in [6, 6.07) is 0. The molecule has 0 radical (unpaired) electrons. The van der Waals surface area contributed by atoms with Crippen molar-refractivity contribution >= 4 is 16.1 Å². The van der Waals surface area contributed by atoms with Gasteiger partial charge in [-0.1, -0.05) is 24.3 Å². The number of ether oxygens (including phenoxy) is 1. The molecule has 1 saturated heterocycles. The van der Waals surface area contributed by atoms with Gasteiger partial charge in [0, 0.05) is 11.8 Å². The third kappa shape index (κ3) is 2.55. The zero-order valence-corrected chi connectivity index (χ0v) is 12.6. The predicted molar refractivity (Wildman–Crippen MR) is 77.0 cm³/mol. The summed E-state index contributed by atoms with van der Waals surface area (Å²) in [5.74, 6) is -1.67. The van der Waals surface area contributed by atoms with E-state index in [1.807, 2.05) is 0 Å². The molecule has 21 heavy (non-hydrogen) atoms. The van der Waals surface area contributed by atoms with Crippen LogP contribution in [0.2, 0.25) is 0 Å². The van der Waals surface area contributed by atoms with Gasteiger partial charge in [-0.3, -0.25) is 9.35 Å². The fourth-order valence-corrected chi connectivity index (χ4v) is 5.10. The fourth-order valence-electron chi connectivity index (χ4n) is 4.26. The zero-order chi connectivity index (χ0) is 15.4. The summed E-state index contributed by atoms with van der Waals surface area (Å²) in [5.41, 5.74) is 2.22. The first-order valence-corrected chi connectivity index (χ1v) is 8.90. The first-order chi connectivity index (χ1) is 9.78. The van der Waals surface area contributed by atoms with Crippen molar-refractivity contribution in [1.29, 1.82) is 0 Å². The Labute approximate surface area is 124 Å². The number of fused-ring (bicyclic) bond motifs is 3. The van der Waals surface area contributed by atoms with Crippen LogP contribution < -0.4 is 0 Å². The molecule has 116 valence electrons. The Morgan fingerprint density at radius 3 is 2.52 bits per heavy atom. The number of carbonyl (C=O) groups excluding carboxylic acids is 1. The Morgan fingerprint density at radius 1 is 1.19 bits per heavy atom. The lowest BCUT2D eigenvalue weighted by Crippen LogP contribution is -2.31. The number of carbonyl (C=O) groups is 1. The van der Waals surface area contributed by atoms with Gasteiger partial charge in [-0.15, -0.1) is 0 Å². The minimum atomic E-state index is -4.20. The molecule has 1 heterocycles. The molecule has 0 bridgehead atoms. The smallest absolute Gasteiger partial charge is 0.310 e. The molecule has 5 atom stereocenters. The van der Waals surface area contributed by atoms with Crippen molar-refractivity contribution in [2.75, 3.05) is 5.75 Å². The van der Waals surface area contributed by atoms with E-state index in [1.54, 1.807) is 0 Å². The second kappa shape index (κ2) is 4.95. The quantitative estimate of drug-likeness (QED) is 0.479. The lowest BCUT2D eigenvalue weighted by molar-refractivity contribution is -0.145. The van der Waals surface area contributed by atoms with Gasteiger partial charge in [0.1, 0.15) is 6.10 Å². The lowest BCUT2D eigenvalue weighted by Gasteiger charge is -2.26. The van der Waals surface area contributed by atoms with Crippen LogP contribution in [0.15, 0.2) is 24.3 Å². The van der Waals surface area contributed by atoms with E-state index in [1.165, 1.54) is 0 Å². The van der Waals surface area contributed by atoms with E-state index >= 15 is 0 Å². The fraction of sp³-hybridized carbons (Fsp3) is 0.667. The van der Waals surface area contributed by atoms with Crippen molar-refractivity contribution in [2.24, 2.45) is 23.7 Å². The average molecular weight is 312 g/mol. The second-order valence-electron chi connectivity index (χ2n) is 6.45. The van der Waals surface area contributed by atoms with Crippen LogP contribution in [0, 0.1) is 23.7 Å². The molecular formula is C15H20O5S. The highest BCUT2D eigenvalue weighted by Crippen LogP contribution is 2.52. The summed E-state index contributed by atoms with van der Waals surface area (Å²) in [7, 11) is -4.20. The highest BCUT2D eigenvalue weighted by molar-refractivity contribution is 7.85. The van der Waals surface area contributed by atoms with Crippen molar-refractivity contribution in [2.45, 2.75) is 31.8 Å². The van der Waals surface area contributed by atoms with Crippen LogP contribution >= 0.6 is 0 Å². The third-order valence-electron chi connectivity index (χ3n) is 5.24. The predicted octanol–water partition coefficient (Wildman–Crippen LogP) is 1.96. The van der Waals surface area contributed by atoms with E-state index in [0.29, 0.717) is 6.42 Å². The number of allylic oxidation sites excluding steroid dienone is 1. The second-order valence-corrected chi connectivity index (χ2v) is 7.94. The Morgan fingerprint density at radius 2 is 1.86 bits per heavy atom. The SMILES string of the molecule is C=C1CCC2C(CS(=O)(=O)O)C(=O)OC2C2C(=C)CCC12. The molecule has 2 aliphatic carbocycles. The topological polar surface area (TPSA) is 80.7 Å². The van der Waals surface area contributed by atoms with E-state index < -0.39 is 27.8 Å². The van der Waals surface area contributed by atoms with Crippen molar-refractivity contribution in [3.05, 3.63) is 24.3 Å². The molecule has 0 spiro atoms. The van der Waals surface area contributed by atoms with Crippen LogP contribution in [0.1, 0.15) is 25.7 Å². The zero-order valence-electron chi connectivity index (χ0n) is 11.8. The highest BCUT2D eigenvalue weighted by Gasteiger charge is 2.54. The molecule has 3 rings (SSSR count). The summed E-state index contributed by atoms with van der Waals surface area (Å²) in [6.45, 7) is 8.25. The van der Waals surface area contributed by atoms with E-state index in [9.17, 15) is 13.2 Å². The van der Waals surface area contributed by atoms with Crippen molar-refractivity contribution in [3.8, 4) is 0 Å². The molecular weight excluding hydrogens is 292 g/mol. The van der Waals surface area contributed by atoms with Gasteiger partial charge < -0.3 is 4.74 Å². The van der Waals surface area contributed by atoms with Crippen LogP contribution in [-0.4, -0.2) is 30.8 Å². The molecule has 0 amide bonds. The molecule has 0 aromatic carbocycles. The Balaban J connectivity index is 1.93. The van der Waals surface area contributed by atoms with Crippen LogP contribution in [0.5, 0.6) is 0 Å². The van der Waals surface area contributed by atoms with E-state index in [2.05, 4.69) is 13.2 Å². The van der Waals surface area contributed by atoms with Gasteiger partial charge in [0.05, 0.1) is 11.7 Å². The molecule has 6 heteroatoms. The monoisotopic (exact) mass is 312 g/mol. The first-order valence-electron chi connectivity index (χ1n) is 7.29. The molecule has 0 aromatic rings. The van der Waals surface area contributed by atoms with E-state index in [0.717, 1.165) is 30.4 Å². The van der Waals surface area contributed by atoms with E-state index in [4.69, 9.17) is 9.29 Å². The van der Waals surface area contributed by atoms with Crippen molar-refractivity contribution < 1.29 is 22.5 Å². The minimum absolute atomic E-state index is 0.0559. The maximum Gasteiger partial charge on any atom is 0.310 e. The number of hydrogen-bond donors (Lipinski definition) is 1. The summed E-state index contributed by atoms with van der Waals surface area (Å²) >= 11 is 0. The van der Waals surface area contributed by atoms with Crippen LogP contribution in [0.3, 0.4) is 0 Å². The van der Waals surface area contributed by atoms with Gasteiger partial charge in [0.15, 0.2) is 0 Å². The summed E-state index contributed by atoms with van der Waals surface area (Å²) in [5, 5.41) is 0. The lowest BCUT2D eigenvalue weighted by atomic mass is 9.80. The Kier molecular flexibility index (Phi) is 3.48. The van der Waals surface area contributed by atoms with Crippen molar-refractivity contribution in [3.63, 3.8) is 0 Å². The largest absolute Gasteiger partial charge is 0.461 e. The normalized spacial score (nSPS) is 39.7. The first kappa shape index (κ1) is 14.8. The number of hydrogen-bond acceptors (Lipinski definition) is 4. The van der Waals surface area contributed by atoms with Gasteiger partial charge in [-0.25, -0.2) is 0 Å². The minimum Gasteiger partial charge on any atom is -0.461 e. The number of esters is 1. The number of rotatable bonds is 2. The molecule has 1 aliphatic heterocycles. The maximum atomic E-state index is 12.1. The summed E-state index contributed by atoms with van der Waals surface area (Å²) < 4.78 is 36.9. The molecule has 3 aliphatic rings. The average Bonchev–Trinajstić information content (AvgIpc) is 2.83. The summed E-state index contributed by atoms with van der Waals surface area (Å²) in [6.07, 6.45) is 3.01. The van der Waals surface area contributed by atoms with Gasteiger partial charge in [-0.05, 0) is 31.6 Å². The van der Waals surface area contributed by atoms with Gasteiger partial charge in [0.2, 0.25) is 0 Å². The maximum absolute atomic E-state index is 12.1. The molecule has 2 saturated carbocycles.